The Morgan fingerprint density at radius 3 is 2.50 bits per heavy atom. The number of rotatable bonds is 0. The lowest BCUT2D eigenvalue weighted by molar-refractivity contribution is 0.626. The monoisotopic (exact) mass is 270 g/mol. The first kappa shape index (κ1) is 11.5. The second-order valence-electron chi connectivity index (χ2n) is 5.10. The molecule has 2 N–H and O–H groups in total. The van der Waals surface area contributed by atoms with E-state index in [0.717, 1.165) is 33.8 Å². The smallest absolute Gasteiger partial charge is 0.123 e. The van der Waals surface area contributed by atoms with E-state index in [-0.39, 0.29) is 11.6 Å². The third-order valence-corrected chi connectivity index (χ3v) is 3.85. The van der Waals surface area contributed by atoms with Crippen LogP contribution in [0.5, 0.6) is 0 Å². The molecule has 0 aliphatic carbocycles. The van der Waals surface area contributed by atoms with Crippen LogP contribution in [0.3, 0.4) is 0 Å². The van der Waals surface area contributed by atoms with E-state index in [9.17, 15) is 8.78 Å². The second kappa shape index (κ2) is 4.07. The predicted octanol–water partition coefficient (Wildman–Crippen LogP) is 3.77. The van der Waals surface area contributed by atoms with Crippen molar-refractivity contribution in [1.82, 2.24) is 0 Å². The molecule has 100 valence electrons. The molecule has 2 aliphatic rings. The van der Waals surface area contributed by atoms with E-state index in [1.807, 2.05) is 0 Å². The number of nitrogens with one attached hydrogen (secondary N) is 2. The zero-order chi connectivity index (χ0) is 13.7. The molecule has 2 aromatic rings. The highest BCUT2D eigenvalue weighted by molar-refractivity contribution is 5.88. The molecule has 2 nitrogen and oxygen atoms in total. The summed E-state index contributed by atoms with van der Waals surface area (Å²) in [4.78, 5) is 0. The van der Waals surface area contributed by atoms with Crippen molar-refractivity contribution in [3.05, 3.63) is 64.9 Å². The quantitative estimate of drug-likeness (QED) is 0.761. The minimum Gasteiger partial charge on any atom is -0.380 e. The van der Waals surface area contributed by atoms with Gasteiger partial charge in [-0.2, -0.15) is 0 Å². The Labute approximate surface area is 115 Å². The maximum absolute atomic E-state index is 13.4. The molecule has 0 fully saturated rings. The van der Waals surface area contributed by atoms with E-state index >= 15 is 0 Å². The van der Waals surface area contributed by atoms with Crippen molar-refractivity contribution < 1.29 is 8.78 Å². The Bertz CT molecular complexity index is 750. The minimum absolute atomic E-state index is 0.229. The molecule has 2 aliphatic heterocycles. The van der Waals surface area contributed by atoms with Crippen molar-refractivity contribution >= 4 is 16.9 Å². The van der Waals surface area contributed by atoms with Crippen molar-refractivity contribution in [2.24, 2.45) is 0 Å². The van der Waals surface area contributed by atoms with Crippen LogP contribution < -0.4 is 10.6 Å². The van der Waals surface area contributed by atoms with Gasteiger partial charge in [0.1, 0.15) is 11.6 Å². The summed E-state index contributed by atoms with van der Waals surface area (Å²) in [5.41, 5.74) is 5.77. The molecule has 2 aromatic carbocycles. The Balaban J connectivity index is 1.79. The Hall–Kier alpha value is -2.36. The van der Waals surface area contributed by atoms with E-state index < -0.39 is 0 Å². The average molecular weight is 270 g/mol. The SMILES string of the molecule is Fc1ccc2c(c1)CC(=C1CNc3ccc(F)cc31)N2. The summed E-state index contributed by atoms with van der Waals surface area (Å²) < 4.78 is 26.7. The van der Waals surface area contributed by atoms with Gasteiger partial charge in [-0.1, -0.05) is 0 Å². The Kier molecular flexibility index (Phi) is 2.33. The zero-order valence-electron chi connectivity index (χ0n) is 10.6. The van der Waals surface area contributed by atoms with Gasteiger partial charge in [-0.3, -0.25) is 0 Å². The van der Waals surface area contributed by atoms with E-state index in [1.165, 1.54) is 12.1 Å². The highest BCUT2D eigenvalue weighted by atomic mass is 19.1. The van der Waals surface area contributed by atoms with Crippen LogP contribution in [0.15, 0.2) is 42.1 Å². The summed E-state index contributed by atoms with van der Waals surface area (Å²) in [7, 11) is 0. The number of benzene rings is 2. The van der Waals surface area contributed by atoms with Crippen LogP contribution in [0.4, 0.5) is 20.2 Å². The summed E-state index contributed by atoms with van der Waals surface area (Å²) >= 11 is 0. The van der Waals surface area contributed by atoms with Gasteiger partial charge in [0, 0.05) is 41.2 Å². The van der Waals surface area contributed by atoms with Crippen LogP contribution in [0, 0.1) is 11.6 Å². The third kappa shape index (κ3) is 1.68. The Morgan fingerprint density at radius 1 is 0.900 bits per heavy atom. The maximum atomic E-state index is 13.4. The molecule has 0 saturated carbocycles. The molecule has 0 aromatic heterocycles. The van der Waals surface area contributed by atoms with Gasteiger partial charge in [-0.15, -0.1) is 0 Å². The van der Waals surface area contributed by atoms with Crippen molar-refractivity contribution in [1.29, 1.82) is 0 Å². The summed E-state index contributed by atoms with van der Waals surface area (Å²) in [6.45, 7) is 0.664. The molecular weight excluding hydrogens is 258 g/mol. The molecule has 0 spiro atoms. The van der Waals surface area contributed by atoms with Crippen molar-refractivity contribution in [3.63, 3.8) is 0 Å². The number of allylic oxidation sites excluding steroid dienone is 1. The fraction of sp³-hybridized carbons (Fsp3) is 0.125. The van der Waals surface area contributed by atoms with Crippen molar-refractivity contribution in [2.45, 2.75) is 6.42 Å². The molecule has 0 saturated heterocycles. The molecule has 0 amide bonds. The van der Waals surface area contributed by atoms with E-state index in [4.69, 9.17) is 0 Å². The van der Waals surface area contributed by atoms with Crippen LogP contribution in [0.25, 0.3) is 5.57 Å². The van der Waals surface area contributed by atoms with Gasteiger partial charge in [0.2, 0.25) is 0 Å². The van der Waals surface area contributed by atoms with Crippen LogP contribution >= 0.6 is 0 Å². The first-order valence-corrected chi connectivity index (χ1v) is 6.52. The summed E-state index contributed by atoms with van der Waals surface area (Å²) in [6, 6.07) is 9.48. The first-order chi connectivity index (χ1) is 9.70. The first-order valence-electron chi connectivity index (χ1n) is 6.52. The third-order valence-electron chi connectivity index (χ3n) is 3.85. The van der Waals surface area contributed by atoms with Crippen LogP contribution in [0.2, 0.25) is 0 Å². The fourth-order valence-electron chi connectivity index (χ4n) is 2.88. The molecule has 2 heterocycles. The minimum atomic E-state index is -0.243. The highest BCUT2D eigenvalue weighted by Crippen LogP contribution is 2.38. The van der Waals surface area contributed by atoms with Gasteiger partial charge in [-0.05, 0) is 42.0 Å². The van der Waals surface area contributed by atoms with Gasteiger partial charge in [0.15, 0.2) is 0 Å². The number of hydrogen-bond donors (Lipinski definition) is 2. The molecular formula is C16H12F2N2. The Morgan fingerprint density at radius 2 is 1.65 bits per heavy atom. The predicted molar refractivity (Wildman–Crippen MR) is 75.5 cm³/mol. The van der Waals surface area contributed by atoms with Crippen LogP contribution in [-0.4, -0.2) is 6.54 Å². The van der Waals surface area contributed by atoms with Crippen molar-refractivity contribution in [2.75, 3.05) is 17.2 Å². The molecule has 4 rings (SSSR count). The fourth-order valence-corrected chi connectivity index (χ4v) is 2.88. The van der Waals surface area contributed by atoms with E-state index in [1.54, 1.807) is 24.3 Å². The summed E-state index contributed by atoms with van der Waals surface area (Å²) in [5.74, 6) is -0.472. The molecule has 4 heteroatoms. The van der Waals surface area contributed by atoms with Gasteiger partial charge >= 0.3 is 0 Å². The standard InChI is InChI=1S/C16H12F2N2/c17-10-1-3-14-9(5-10)6-16(20-14)13-8-19-15-4-2-11(18)7-12(13)15/h1-5,7,19-20H,6,8H2. The van der Waals surface area contributed by atoms with Gasteiger partial charge in [0.25, 0.3) is 0 Å². The number of anilines is 2. The largest absolute Gasteiger partial charge is 0.380 e. The van der Waals surface area contributed by atoms with E-state index in [2.05, 4.69) is 10.6 Å². The summed E-state index contributed by atoms with van der Waals surface area (Å²) in [6.07, 6.45) is 0.653. The maximum Gasteiger partial charge on any atom is 0.123 e. The summed E-state index contributed by atoms with van der Waals surface area (Å²) in [5, 5.41) is 6.57. The van der Waals surface area contributed by atoms with Crippen molar-refractivity contribution in [3.8, 4) is 0 Å². The number of halogens is 2. The normalized spacial score (nSPS) is 19.3. The molecule has 20 heavy (non-hydrogen) atoms. The number of fused-ring (bicyclic) bond motifs is 2. The topological polar surface area (TPSA) is 24.1 Å². The van der Waals surface area contributed by atoms with Gasteiger partial charge < -0.3 is 10.6 Å². The highest BCUT2D eigenvalue weighted by Gasteiger charge is 2.24. The van der Waals surface area contributed by atoms with Crippen LogP contribution in [-0.2, 0) is 6.42 Å². The second-order valence-corrected chi connectivity index (χ2v) is 5.10. The molecule has 0 radical (unpaired) electrons. The number of hydrogen-bond acceptors (Lipinski definition) is 2. The lowest BCUT2D eigenvalue weighted by Crippen LogP contribution is -2.00. The van der Waals surface area contributed by atoms with E-state index in [0.29, 0.717) is 13.0 Å². The van der Waals surface area contributed by atoms with Crippen LogP contribution in [0.1, 0.15) is 11.1 Å². The van der Waals surface area contributed by atoms with Gasteiger partial charge in [0.05, 0.1) is 0 Å². The average Bonchev–Trinajstić information content (AvgIpc) is 3.00. The molecule has 0 atom stereocenters. The van der Waals surface area contributed by atoms with Gasteiger partial charge in [-0.25, -0.2) is 8.78 Å². The lowest BCUT2D eigenvalue weighted by atomic mass is 10.0. The zero-order valence-corrected chi connectivity index (χ0v) is 10.6. The lowest BCUT2D eigenvalue weighted by Gasteiger charge is -2.06. The molecule has 0 bridgehead atoms. The molecule has 0 unspecified atom stereocenters.